The van der Waals surface area contributed by atoms with Gasteiger partial charge in [-0.1, -0.05) is 42.5 Å². The first-order valence-electron chi connectivity index (χ1n) is 10.4. The summed E-state index contributed by atoms with van der Waals surface area (Å²) in [5.41, 5.74) is 4.50. The summed E-state index contributed by atoms with van der Waals surface area (Å²) in [5, 5.41) is 8.83. The molecule has 2 aromatic carbocycles. The van der Waals surface area contributed by atoms with Gasteiger partial charge in [-0.2, -0.15) is 4.58 Å². The summed E-state index contributed by atoms with van der Waals surface area (Å²) in [6.07, 6.45) is 12.7. The first kappa shape index (κ1) is 21.4. The third kappa shape index (κ3) is 5.20. The Morgan fingerprint density at radius 2 is 1.77 bits per heavy atom. The summed E-state index contributed by atoms with van der Waals surface area (Å²) >= 11 is 0. The number of nitrogens with zero attached hydrogens (tertiary/aromatic N) is 2. The zero-order chi connectivity index (χ0) is 21.4. The van der Waals surface area contributed by atoms with Crippen molar-refractivity contribution in [2.24, 2.45) is 4.99 Å². The molecule has 0 saturated heterocycles. The Bertz CT molecular complexity index is 999. The predicted molar refractivity (Wildman–Crippen MR) is 123 cm³/mol. The molecule has 0 atom stereocenters. The van der Waals surface area contributed by atoms with E-state index in [2.05, 4.69) is 60.0 Å². The number of rotatable bonds is 8. The first-order valence-corrected chi connectivity index (χ1v) is 10.4. The second kappa shape index (κ2) is 9.97. The molecule has 1 N–H and O–H groups in total. The van der Waals surface area contributed by atoms with Crippen molar-refractivity contribution in [3.8, 4) is 0 Å². The van der Waals surface area contributed by atoms with Gasteiger partial charge in [-0.15, -0.1) is 0 Å². The molecule has 0 bridgehead atoms. The van der Waals surface area contributed by atoms with Crippen molar-refractivity contribution in [1.29, 1.82) is 0 Å². The van der Waals surface area contributed by atoms with Gasteiger partial charge in [0.1, 0.15) is 0 Å². The predicted octanol–water partition coefficient (Wildman–Crippen LogP) is 6.18. The van der Waals surface area contributed by atoms with E-state index in [1.165, 1.54) is 16.9 Å². The van der Waals surface area contributed by atoms with Crippen molar-refractivity contribution >= 4 is 29.8 Å². The average molecular weight is 402 g/mol. The van der Waals surface area contributed by atoms with Crippen LogP contribution in [0.25, 0.3) is 0 Å². The van der Waals surface area contributed by atoms with Crippen LogP contribution in [0.4, 0.5) is 11.4 Å². The maximum atomic E-state index is 10.7. The number of aliphatic carboxylic acids is 1. The lowest BCUT2D eigenvalue weighted by molar-refractivity contribution is -0.378. The van der Waals surface area contributed by atoms with Gasteiger partial charge in [0.05, 0.1) is 11.1 Å². The third-order valence-corrected chi connectivity index (χ3v) is 5.32. The molecule has 3 rings (SSSR count). The summed E-state index contributed by atoms with van der Waals surface area (Å²) in [4.78, 5) is 15.2. The molecule has 0 spiro atoms. The van der Waals surface area contributed by atoms with Crippen molar-refractivity contribution in [2.75, 3.05) is 0 Å². The zero-order valence-electron chi connectivity index (χ0n) is 17.7. The number of hydrogen-bond donors (Lipinski definition) is 1. The minimum absolute atomic E-state index is 0.116. The molecule has 1 aliphatic rings. The van der Waals surface area contributed by atoms with Gasteiger partial charge < -0.3 is 5.11 Å². The standard InChI is InChI=1S/C26H28N2O2/c1-26(2)22-15-8-9-16-23(22)28(20-12-4-7-18-25(29)30)24(26)17-10-11-19-27-21-13-5-3-6-14-21/h3,5-6,8-11,13-17,19-20H,4,7,12,18H2,1-2H3/p+1. The van der Waals surface area contributed by atoms with E-state index in [1.807, 2.05) is 42.5 Å². The van der Waals surface area contributed by atoms with E-state index >= 15 is 0 Å². The number of carboxylic acid groups (broad SMARTS) is 1. The number of allylic oxidation sites excluding steroid dienone is 4. The lowest BCUT2D eigenvalue weighted by atomic mass is 9.84. The molecule has 2 aromatic rings. The van der Waals surface area contributed by atoms with Crippen molar-refractivity contribution in [2.45, 2.75) is 44.9 Å². The number of aliphatic imine (C=N–C) groups is 1. The molecule has 0 fully saturated rings. The number of carboxylic acids is 1. The molecule has 1 heterocycles. The summed E-state index contributed by atoms with van der Waals surface area (Å²) in [7, 11) is 0. The lowest BCUT2D eigenvalue weighted by Crippen LogP contribution is -2.18. The zero-order valence-corrected chi connectivity index (χ0v) is 17.7. The van der Waals surface area contributed by atoms with Gasteiger partial charge in [0.25, 0.3) is 0 Å². The van der Waals surface area contributed by atoms with Crippen LogP contribution >= 0.6 is 0 Å². The Morgan fingerprint density at radius 1 is 1.03 bits per heavy atom. The molecule has 0 amide bonds. The second-order valence-electron chi connectivity index (χ2n) is 7.88. The van der Waals surface area contributed by atoms with Crippen LogP contribution in [0.5, 0.6) is 0 Å². The average Bonchev–Trinajstić information content (AvgIpc) is 2.95. The normalized spacial score (nSPS) is 17.9. The van der Waals surface area contributed by atoms with E-state index in [0.717, 1.165) is 18.5 Å². The second-order valence-corrected chi connectivity index (χ2v) is 7.88. The fourth-order valence-electron chi connectivity index (χ4n) is 3.75. The number of fused-ring (bicyclic) bond motifs is 1. The van der Waals surface area contributed by atoms with E-state index in [0.29, 0.717) is 6.42 Å². The summed E-state index contributed by atoms with van der Waals surface area (Å²) < 4.78 is 2.26. The van der Waals surface area contributed by atoms with E-state index < -0.39 is 5.97 Å². The third-order valence-electron chi connectivity index (χ3n) is 5.32. The smallest absolute Gasteiger partial charge is 0.303 e. The molecule has 4 heteroatoms. The number of benzene rings is 2. The molecule has 0 aliphatic carbocycles. The fourth-order valence-corrected chi connectivity index (χ4v) is 3.75. The monoisotopic (exact) mass is 401 g/mol. The molecular weight excluding hydrogens is 372 g/mol. The van der Waals surface area contributed by atoms with Crippen LogP contribution in [-0.4, -0.2) is 28.1 Å². The van der Waals surface area contributed by atoms with Gasteiger partial charge in [0.2, 0.25) is 5.69 Å². The van der Waals surface area contributed by atoms with Crippen LogP contribution in [0, 0.1) is 0 Å². The molecule has 1 aliphatic heterocycles. The van der Waals surface area contributed by atoms with Crippen molar-refractivity contribution < 1.29 is 14.5 Å². The van der Waals surface area contributed by atoms with Crippen LogP contribution in [0.3, 0.4) is 0 Å². The number of carbonyl (C=O) groups is 1. The van der Waals surface area contributed by atoms with Crippen molar-refractivity contribution in [1.82, 2.24) is 0 Å². The van der Waals surface area contributed by atoms with E-state index in [1.54, 1.807) is 6.21 Å². The lowest BCUT2D eigenvalue weighted by Gasteiger charge is -2.14. The maximum absolute atomic E-state index is 10.7. The van der Waals surface area contributed by atoms with Crippen LogP contribution in [-0.2, 0) is 10.2 Å². The highest BCUT2D eigenvalue weighted by Crippen LogP contribution is 2.46. The number of hydrogen-bond acceptors (Lipinski definition) is 2. The van der Waals surface area contributed by atoms with Gasteiger partial charge >= 0.3 is 5.97 Å². The molecule has 0 radical (unpaired) electrons. The highest BCUT2D eigenvalue weighted by Gasteiger charge is 2.45. The molecule has 30 heavy (non-hydrogen) atoms. The first-order chi connectivity index (χ1) is 14.5. The van der Waals surface area contributed by atoms with E-state index in [4.69, 9.17) is 5.11 Å². The fraction of sp³-hybridized carbons (Fsp3) is 0.269. The molecule has 0 aromatic heterocycles. The topological polar surface area (TPSA) is 52.7 Å². The quantitative estimate of drug-likeness (QED) is 0.326. The summed E-state index contributed by atoms with van der Waals surface area (Å²) in [6.45, 7) is 4.48. The molecule has 4 nitrogen and oxygen atoms in total. The molecule has 0 saturated carbocycles. The Morgan fingerprint density at radius 3 is 2.53 bits per heavy atom. The number of unbranched alkanes of at least 4 members (excludes halogenated alkanes) is 2. The van der Waals surface area contributed by atoms with E-state index in [9.17, 15) is 4.79 Å². The number of para-hydroxylation sites is 2. The largest absolute Gasteiger partial charge is 0.481 e. The Labute approximate surface area is 178 Å². The van der Waals surface area contributed by atoms with Gasteiger partial charge in [-0.3, -0.25) is 9.79 Å². The van der Waals surface area contributed by atoms with Crippen LogP contribution < -0.4 is 0 Å². The SMILES string of the molecule is CC1(C)C(=CC=CC=Nc2ccccc2)[N+](=CCCCCC(=O)O)c2ccccc21. The van der Waals surface area contributed by atoms with Crippen LogP contribution in [0.1, 0.15) is 45.1 Å². The minimum atomic E-state index is -0.731. The van der Waals surface area contributed by atoms with Crippen molar-refractivity contribution in [3.05, 3.63) is 84.1 Å². The Hall–Kier alpha value is -3.27. The molecule has 154 valence electrons. The highest BCUT2D eigenvalue weighted by molar-refractivity contribution is 5.75. The maximum Gasteiger partial charge on any atom is 0.303 e. The molecule has 0 unspecified atom stereocenters. The minimum Gasteiger partial charge on any atom is -0.481 e. The van der Waals surface area contributed by atoms with Crippen molar-refractivity contribution in [3.63, 3.8) is 0 Å². The van der Waals surface area contributed by atoms with Gasteiger partial charge in [-0.25, -0.2) is 0 Å². The van der Waals surface area contributed by atoms with Gasteiger partial charge in [0, 0.05) is 36.8 Å². The molecular formula is C26H29N2O2+. The van der Waals surface area contributed by atoms with Crippen LogP contribution in [0.15, 0.2) is 83.5 Å². The highest BCUT2D eigenvalue weighted by atomic mass is 16.4. The van der Waals surface area contributed by atoms with Gasteiger partial charge in [-0.05, 0) is 44.9 Å². The summed E-state index contributed by atoms with van der Waals surface area (Å²) in [6, 6.07) is 18.3. The van der Waals surface area contributed by atoms with Crippen LogP contribution in [0.2, 0.25) is 0 Å². The Balaban J connectivity index is 1.80. The van der Waals surface area contributed by atoms with Gasteiger partial charge in [0.15, 0.2) is 11.9 Å². The van der Waals surface area contributed by atoms with E-state index in [-0.39, 0.29) is 11.8 Å². The Kier molecular flexibility index (Phi) is 7.12. The summed E-state index contributed by atoms with van der Waals surface area (Å²) in [5.74, 6) is -0.731.